The number of unbranched alkanes of at least 4 members (excludes halogenated alkanes) is 40. The van der Waals surface area contributed by atoms with Gasteiger partial charge < -0.3 is 14.6 Å². The Hall–Kier alpha value is -2.66. The molecule has 0 aliphatic rings. The predicted molar refractivity (Wildman–Crippen MR) is 325 cm³/mol. The summed E-state index contributed by atoms with van der Waals surface area (Å²) in [7, 11) is 0. The van der Waals surface area contributed by atoms with Crippen LogP contribution in [0.25, 0.3) is 0 Å². The summed E-state index contributed by atoms with van der Waals surface area (Å²) in [5, 5.41) is 9.67. The number of hydrogen-bond donors (Lipinski definition) is 1. The van der Waals surface area contributed by atoms with E-state index in [-0.39, 0.29) is 25.2 Å². The summed E-state index contributed by atoms with van der Waals surface area (Å²) in [5.74, 6) is -0.610. The number of allylic oxidation sites excluding steroid dienone is 12. The number of rotatable bonds is 60. The Morgan fingerprint density at radius 3 is 0.878 bits per heavy atom. The van der Waals surface area contributed by atoms with Crippen LogP contribution >= 0.6 is 0 Å². The second kappa shape index (κ2) is 64.6. The summed E-state index contributed by atoms with van der Waals surface area (Å²) >= 11 is 0. The zero-order valence-electron chi connectivity index (χ0n) is 49.4. The number of aliphatic hydroxyl groups excluding tert-OH is 1. The van der Waals surface area contributed by atoms with E-state index in [2.05, 4.69) is 86.8 Å². The van der Waals surface area contributed by atoms with Crippen molar-refractivity contribution in [2.24, 2.45) is 0 Å². The summed E-state index contributed by atoms with van der Waals surface area (Å²) < 4.78 is 10.7. The summed E-state index contributed by atoms with van der Waals surface area (Å²) in [6.07, 6.45) is 89.3. The van der Waals surface area contributed by atoms with Crippen molar-refractivity contribution < 1.29 is 24.2 Å². The normalized spacial score (nSPS) is 12.6. The minimum Gasteiger partial charge on any atom is -0.462 e. The van der Waals surface area contributed by atoms with E-state index in [1.807, 2.05) is 0 Å². The molecule has 0 saturated carbocycles. The Bertz CT molecular complexity index is 1310. The molecule has 0 bridgehead atoms. The molecule has 0 spiro atoms. The maximum Gasteiger partial charge on any atom is 0.306 e. The molecule has 0 aliphatic heterocycles. The van der Waals surface area contributed by atoms with E-state index in [9.17, 15) is 14.7 Å². The molecule has 74 heavy (non-hydrogen) atoms. The van der Waals surface area contributed by atoms with Crippen LogP contribution in [0, 0.1) is 0 Å². The quantitative estimate of drug-likeness (QED) is 0.0373. The van der Waals surface area contributed by atoms with Gasteiger partial charge in [-0.2, -0.15) is 0 Å². The standard InChI is InChI=1S/C69H124O5/c1-3-5-7-9-11-13-15-17-19-21-23-25-27-28-29-30-31-32-33-34-35-36-37-38-39-40-42-43-45-47-49-51-53-55-57-59-61-63-68(71)73-66-67(65-70)74-69(72)64-62-60-58-56-54-52-50-48-46-44-41-26-24-22-20-18-16-14-12-10-8-6-4-2/h6,8,12,14,18,20,24,26,44,46,50,52,67,70H,3-5,7,9-11,13,15-17,19,21-23,25,27-43,45,47-49,51,53-66H2,1-2H3/b8-6-,14-12-,20-18-,26-24-,46-44-,52-50-. The van der Waals surface area contributed by atoms with Crippen LogP contribution in [0.3, 0.4) is 0 Å². The summed E-state index contributed by atoms with van der Waals surface area (Å²) in [5.41, 5.74) is 0. The molecule has 0 rings (SSSR count). The van der Waals surface area contributed by atoms with E-state index < -0.39 is 6.10 Å². The Morgan fingerprint density at radius 1 is 0.324 bits per heavy atom. The number of ether oxygens (including phenoxy) is 2. The van der Waals surface area contributed by atoms with E-state index in [0.717, 1.165) is 89.9 Å². The third-order valence-corrected chi connectivity index (χ3v) is 14.5. The molecule has 0 heterocycles. The largest absolute Gasteiger partial charge is 0.462 e. The van der Waals surface area contributed by atoms with Crippen LogP contribution in [0.1, 0.15) is 335 Å². The van der Waals surface area contributed by atoms with Crippen LogP contribution in [-0.4, -0.2) is 36.4 Å². The fraction of sp³-hybridized carbons (Fsp3) is 0.797. The van der Waals surface area contributed by atoms with Gasteiger partial charge in [0.1, 0.15) is 6.61 Å². The Kier molecular flexibility index (Phi) is 62.3. The number of carbonyl (C=O) groups is 2. The van der Waals surface area contributed by atoms with Gasteiger partial charge in [-0.25, -0.2) is 0 Å². The van der Waals surface area contributed by atoms with Crippen molar-refractivity contribution >= 4 is 11.9 Å². The number of aliphatic hydroxyl groups is 1. The summed E-state index contributed by atoms with van der Waals surface area (Å²) in [6.45, 7) is 4.04. The molecule has 0 aromatic rings. The van der Waals surface area contributed by atoms with Crippen molar-refractivity contribution in [3.05, 3.63) is 72.9 Å². The lowest BCUT2D eigenvalue weighted by molar-refractivity contribution is -0.161. The zero-order chi connectivity index (χ0) is 53.4. The Labute approximate surface area is 461 Å². The third-order valence-electron chi connectivity index (χ3n) is 14.5. The highest BCUT2D eigenvalue weighted by Gasteiger charge is 2.16. The first-order valence-corrected chi connectivity index (χ1v) is 32.5. The van der Waals surface area contributed by atoms with Gasteiger partial charge in [0, 0.05) is 12.8 Å². The number of hydrogen-bond acceptors (Lipinski definition) is 5. The van der Waals surface area contributed by atoms with Gasteiger partial charge in [0.25, 0.3) is 0 Å². The first-order valence-electron chi connectivity index (χ1n) is 32.5. The maximum atomic E-state index is 12.3. The molecule has 1 atom stereocenters. The molecule has 0 amide bonds. The fourth-order valence-electron chi connectivity index (χ4n) is 9.68. The van der Waals surface area contributed by atoms with Gasteiger partial charge in [0.05, 0.1) is 6.61 Å². The molecular weight excluding hydrogens is 909 g/mol. The van der Waals surface area contributed by atoms with Crippen molar-refractivity contribution in [2.75, 3.05) is 13.2 Å². The Morgan fingerprint density at radius 2 is 0.581 bits per heavy atom. The maximum absolute atomic E-state index is 12.3. The highest BCUT2D eigenvalue weighted by molar-refractivity contribution is 5.70. The minimum atomic E-state index is -0.790. The topological polar surface area (TPSA) is 72.8 Å². The molecule has 1 N–H and O–H groups in total. The van der Waals surface area contributed by atoms with Gasteiger partial charge in [-0.05, 0) is 64.2 Å². The van der Waals surface area contributed by atoms with Crippen LogP contribution in [0.15, 0.2) is 72.9 Å². The van der Waals surface area contributed by atoms with E-state index in [1.54, 1.807) is 0 Å². The molecule has 0 aromatic carbocycles. The molecule has 1 unspecified atom stereocenters. The van der Waals surface area contributed by atoms with E-state index >= 15 is 0 Å². The van der Waals surface area contributed by atoms with Gasteiger partial charge in [-0.1, -0.05) is 331 Å². The predicted octanol–water partition coefficient (Wildman–Crippen LogP) is 22.3. The first kappa shape index (κ1) is 71.3. The molecule has 5 heteroatoms. The lowest BCUT2D eigenvalue weighted by Crippen LogP contribution is -2.28. The molecule has 0 aliphatic carbocycles. The molecule has 0 radical (unpaired) electrons. The first-order chi connectivity index (χ1) is 36.6. The van der Waals surface area contributed by atoms with Crippen molar-refractivity contribution in [1.29, 1.82) is 0 Å². The number of carbonyl (C=O) groups excluding carboxylic acids is 2. The second-order valence-electron chi connectivity index (χ2n) is 21.8. The van der Waals surface area contributed by atoms with Crippen LogP contribution in [-0.2, 0) is 19.1 Å². The van der Waals surface area contributed by atoms with Crippen molar-refractivity contribution in [2.45, 2.75) is 341 Å². The Balaban J connectivity index is 3.43. The fourth-order valence-corrected chi connectivity index (χ4v) is 9.68. The van der Waals surface area contributed by atoms with Crippen molar-refractivity contribution in [3.63, 3.8) is 0 Å². The van der Waals surface area contributed by atoms with Gasteiger partial charge in [-0.15, -0.1) is 0 Å². The molecule has 5 nitrogen and oxygen atoms in total. The summed E-state index contributed by atoms with van der Waals surface area (Å²) in [4.78, 5) is 24.6. The number of esters is 2. The van der Waals surface area contributed by atoms with E-state index in [4.69, 9.17) is 9.47 Å². The lowest BCUT2D eigenvalue weighted by Gasteiger charge is -2.15. The molecule has 0 fully saturated rings. The second-order valence-corrected chi connectivity index (χ2v) is 21.8. The van der Waals surface area contributed by atoms with E-state index in [1.165, 1.54) is 218 Å². The van der Waals surface area contributed by atoms with Crippen molar-refractivity contribution in [1.82, 2.24) is 0 Å². The smallest absolute Gasteiger partial charge is 0.306 e. The van der Waals surface area contributed by atoms with Gasteiger partial charge >= 0.3 is 11.9 Å². The van der Waals surface area contributed by atoms with Gasteiger partial charge in [-0.3, -0.25) is 9.59 Å². The van der Waals surface area contributed by atoms with E-state index in [0.29, 0.717) is 12.8 Å². The van der Waals surface area contributed by atoms with Gasteiger partial charge in [0.15, 0.2) is 6.10 Å². The molecule has 430 valence electrons. The molecular formula is C69H124O5. The van der Waals surface area contributed by atoms with Crippen LogP contribution in [0.5, 0.6) is 0 Å². The van der Waals surface area contributed by atoms with Gasteiger partial charge in [0.2, 0.25) is 0 Å². The average molecular weight is 1030 g/mol. The highest BCUT2D eigenvalue weighted by Crippen LogP contribution is 2.18. The highest BCUT2D eigenvalue weighted by atomic mass is 16.6. The zero-order valence-corrected chi connectivity index (χ0v) is 49.4. The SMILES string of the molecule is CC/C=C\C/C=C\C/C=C\C/C=C\C/C=C\C/C=C\CCCCCCC(=O)OC(CO)COC(=O)CCCCCCCCCCCCCCCCCCCCCCCCCCCCCCCCCCCCCCC. The van der Waals surface area contributed by atoms with Crippen LogP contribution in [0.2, 0.25) is 0 Å². The van der Waals surface area contributed by atoms with Crippen LogP contribution < -0.4 is 0 Å². The molecule has 0 saturated heterocycles. The average Bonchev–Trinajstić information content (AvgIpc) is 3.40. The van der Waals surface area contributed by atoms with Crippen molar-refractivity contribution in [3.8, 4) is 0 Å². The lowest BCUT2D eigenvalue weighted by atomic mass is 10.0. The molecule has 0 aromatic heterocycles. The third kappa shape index (κ3) is 61.9. The van der Waals surface area contributed by atoms with Crippen LogP contribution in [0.4, 0.5) is 0 Å². The monoisotopic (exact) mass is 1030 g/mol. The summed E-state index contributed by atoms with van der Waals surface area (Å²) in [6, 6.07) is 0. The minimum absolute atomic E-state index is 0.0766.